The summed E-state index contributed by atoms with van der Waals surface area (Å²) in [4.78, 5) is 12.5. The van der Waals surface area contributed by atoms with Crippen molar-refractivity contribution in [1.29, 1.82) is 0 Å². The van der Waals surface area contributed by atoms with Gasteiger partial charge in [0.05, 0.1) is 11.7 Å². The van der Waals surface area contributed by atoms with Gasteiger partial charge in [0.1, 0.15) is 5.82 Å². The topological polar surface area (TPSA) is 66.5 Å². The van der Waals surface area contributed by atoms with Gasteiger partial charge in [0.15, 0.2) is 0 Å². The van der Waals surface area contributed by atoms with Crippen molar-refractivity contribution in [2.75, 3.05) is 18.4 Å². The zero-order chi connectivity index (χ0) is 19.4. The summed E-state index contributed by atoms with van der Waals surface area (Å²) in [6.07, 6.45) is 1.27. The first-order valence-electron chi connectivity index (χ1n) is 8.62. The molecule has 1 atom stereocenters. The lowest BCUT2D eigenvalue weighted by molar-refractivity contribution is -0.120. The fraction of sp³-hybridized carbons (Fsp3) is 0.316. The number of sulfonamides is 1. The molecule has 27 heavy (non-hydrogen) atoms. The minimum atomic E-state index is -3.57. The van der Waals surface area contributed by atoms with Crippen molar-refractivity contribution in [3.63, 3.8) is 0 Å². The Hall–Kier alpha value is -1.77. The number of hydrogen-bond acceptors (Lipinski definition) is 3. The second-order valence-corrected chi connectivity index (χ2v) is 9.46. The highest BCUT2D eigenvalue weighted by Crippen LogP contribution is 2.23. The van der Waals surface area contributed by atoms with Gasteiger partial charge in [0, 0.05) is 23.2 Å². The molecule has 1 aliphatic rings. The predicted octanol–water partition coefficient (Wildman–Crippen LogP) is 3.77. The van der Waals surface area contributed by atoms with Crippen LogP contribution in [0, 0.1) is 11.7 Å². The summed E-state index contributed by atoms with van der Waals surface area (Å²) in [5.74, 6) is -1.18. The summed E-state index contributed by atoms with van der Waals surface area (Å²) in [6.45, 7) is 0.553. The van der Waals surface area contributed by atoms with E-state index in [4.69, 9.17) is 0 Å². The van der Waals surface area contributed by atoms with Crippen molar-refractivity contribution in [2.45, 2.75) is 18.6 Å². The van der Waals surface area contributed by atoms with Gasteiger partial charge in [0.25, 0.3) is 0 Å². The molecular formula is C19H20BrFN2O3S. The highest BCUT2D eigenvalue weighted by atomic mass is 79.9. The molecule has 0 aliphatic carbocycles. The molecule has 0 radical (unpaired) electrons. The number of nitrogens with zero attached hydrogens (tertiary/aromatic N) is 1. The summed E-state index contributed by atoms with van der Waals surface area (Å²) in [7, 11) is -3.57. The fourth-order valence-corrected chi connectivity index (χ4v) is 4.94. The van der Waals surface area contributed by atoms with Crippen LogP contribution in [0.5, 0.6) is 0 Å². The second kappa shape index (κ2) is 8.50. The third-order valence-corrected chi connectivity index (χ3v) is 6.87. The van der Waals surface area contributed by atoms with Crippen LogP contribution in [0.15, 0.2) is 53.0 Å². The molecule has 2 aromatic carbocycles. The Bertz CT molecular complexity index is 902. The quantitative estimate of drug-likeness (QED) is 0.747. The van der Waals surface area contributed by atoms with Crippen LogP contribution in [-0.4, -0.2) is 31.7 Å². The van der Waals surface area contributed by atoms with Crippen molar-refractivity contribution < 1.29 is 17.6 Å². The third-order valence-electron chi connectivity index (χ3n) is 4.52. The first-order valence-corrected chi connectivity index (χ1v) is 11.0. The Morgan fingerprint density at radius 1 is 1.15 bits per heavy atom. The molecule has 2 aromatic rings. The Morgan fingerprint density at radius 2 is 1.81 bits per heavy atom. The molecule has 1 N–H and O–H groups in total. The molecule has 1 fully saturated rings. The standard InChI is InChI=1S/C19H20BrFN2O3S/c20-16-5-9-18(10-6-16)22-19(24)15-2-1-11-23(12-15)27(25,26)13-14-3-7-17(21)8-4-14/h3-10,15H,1-2,11-13H2,(H,22,24)/t15-/m1/s1. The van der Waals surface area contributed by atoms with E-state index in [0.29, 0.717) is 30.6 Å². The van der Waals surface area contributed by atoms with Gasteiger partial charge >= 0.3 is 0 Å². The molecule has 1 amide bonds. The SMILES string of the molecule is O=C(Nc1ccc(Br)cc1)[C@@H]1CCCN(S(=O)(=O)Cc2ccc(F)cc2)C1. The maximum Gasteiger partial charge on any atom is 0.228 e. The normalized spacial score (nSPS) is 18.2. The molecule has 1 aliphatic heterocycles. The zero-order valence-electron chi connectivity index (χ0n) is 14.6. The predicted molar refractivity (Wildman–Crippen MR) is 106 cm³/mol. The number of carbonyl (C=O) groups is 1. The van der Waals surface area contributed by atoms with E-state index in [2.05, 4.69) is 21.2 Å². The average Bonchev–Trinajstić information content (AvgIpc) is 2.65. The maximum atomic E-state index is 13.0. The van der Waals surface area contributed by atoms with Gasteiger partial charge in [-0.25, -0.2) is 17.1 Å². The van der Waals surface area contributed by atoms with E-state index >= 15 is 0 Å². The molecule has 1 heterocycles. The summed E-state index contributed by atoms with van der Waals surface area (Å²) in [5.41, 5.74) is 1.20. The molecule has 0 unspecified atom stereocenters. The highest BCUT2D eigenvalue weighted by Gasteiger charge is 2.32. The van der Waals surface area contributed by atoms with Crippen LogP contribution >= 0.6 is 15.9 Å². The van der Waals surface area contributed by atoms with Crippen molar-refractivity contribution in [2.24, 2.45) is 5.92 Å². The van der Waals surface area contributed by atoms with E-state index in [1.165, 1.54) is 28.6 Å². The average molecular weight is 455 g/mol. The van der Waals surface area contributed by atoms with Crippen molar-refractivity contribution in [1.82, 2.24) is 4.31 Å². The number of amides is 1. The number of halogens is 2. The van der Waals surface area contributed by atoms with E-state index in [9.17, 15) is 17.6 Å². The van der Waals surface area contributed by atoms with Gasteiger partial charge in [-0.2, -0.15) is 0 Å². The van der Waals surface area contributed by atoms with Crippen LogP contribution in [0.4, 0.5) is 10.1 Å². The molecule has 8 heteroatoms. The van der Waals surface area contributed by atoms with Crippen LogP contribution in [-0.2, 0) is 20.6 Å². The minimum absolute atomic E-state index is 0.159. The number of carbonyl (C=O) groups excluding carboxylic acids is 1. The summed E-state index contributed by atoms with van der Waals surface area (Å²) in [5, 5.41) is 2.84. The van der Waals surface area contributed by atoms with Crippen LogP contribution in [0.2, 0.25) is 0 Å². The number of hydrogen-bond donors (Lipinski definition) is 1. The van der Waals surface area contributed by atoms with Crippen LogP contribution in [0.25, 0.3) is 0 Å². The van der Waals surface area contributed by atoms with E-state index in [-0.39, 0.29) is 18.2 Å². The number of benzene rings is 2. The Balaban J connectivity index is 1.64. The van der Waals surface area contributed by atoms with Gasteiger partial charge in [-0.15, -0.1) is 0 Å². The molecule has 5 nitrogen and oxygen atoms in total. The smallest absolute Gasteiger partial charge is 0.228 e. The summed E-state index contributed by atoms with van der Waals surface area (Å²) >= 11 is 3.34. The molecule has 1 saturated heterocycles. The largest absolute Gasteiger partial charge is 0.326 e. The van der Waals surface area contributed by atoms with E-state index < -0.39 is 21.8 Å². The Labute approximate surface area is 166 Å². The second-order valence-electron chi connectivity index (χ2n) is 6.58. The first kappa shape index (κ1) is 20.0. The number of nitrogens with one attached hydrogen (secondary N) is 1. The van der Waals surface area contributed by atoms with Gasteiger partial charge in [-0.1, -0.05) is 28.1 Å². The maximum absolute atomic E-state index is 13.0. The van der Waals surface area contributed by atoms with E-state index in [1.807, 2.05) is 12.1 Å². The highest BCUT2D eigenvalue weighted by molar-refractivity contribution is 9.10. The Morgan fingerprint density at radius 3 is 2.48 bits per heavy atom. The lowest BCUT2D eigenvalue weighted by Gasteiger charge is -2.31. The van der Waals surface area contributed by atoms with Gasteiger partial charge < -0.3 is 5.32 Å². The third kappa shape index (κ3) is 5.37. The van der Waals surface area contributed by atoms with Crippen molar-refractivity contribution >= 4 is 37.5 Å². The van der Waals surface area contributed by atoms with Crippen molar-refractivity contribution in [3.05, 3.63) is 64.4 Å². The molecule has 0 aromatic heterocycles. The fourth-order valence-electron chi connectivity index (χ4n) is 3.07. The molecule has 144 valence electrons. The van der Waals surface area contributed by atoms with E-state index in [1.54, 1.807) is 12.1 Å². The first-order chi connectivity index (χ1) is 12.8. The van der Waals surface area contributed by atoms with Crippen LogP contribution in [0.3, 0.4) is 0 Å². The summed E-state index contributed by atoms with van der Waals surface area (Å²) in [6, 6.07) is 12.7. The van der Waals surface area contributed by atoms with E-state index in [0.717, 1.165) is 4.47 Å². The van der Waals surface area contributed by atoms with Crippen LogP contribution in [0.1, 0.15) is 18.4 Å². The lowest BCUT2D eigenvalue weighted by Crippen LogP contribution is -2.44. The number of piperidine rings is 1. The molecule has 0 spiro atoms. The molecular weight excluding hydrogens is 435 g/mol. The van der Waals surface area contributed by atoms with Gasteiger partial charge in [-0.05, 0) is 54.8 Å². The number of anilines is 1. The van der Waals surface area contributed by atoms with Crippen molar-refractivity contribution in [3.8, 4) is 0 Å². The van der Waals surface area contributed by atoms with Gasteiger partial charge in [0.2, 0.25) is 15.9 Å². The van der Waals surface area contributed by atoms with Crippen LogP contribution < -0.4 is 5.32 Å². The summed E-state index contributed by atoms with van der Waals surface area (Å²) < 4.78 is 40.7. The molecule has 3 rings (SSSR count). The van der Waals surface area contributed by atoms with Gasteiger partial charge in [-0.3, -0.25) is 4.79 Å². The zero-order valence-corrected chi connectivity index (χ0v) is 17.0. The molecule has 0 saturated carbocycles. The Kier molecular flexibility index (Phi) is 6.29. The molecule has 0 bridgehead atoms. The number of rotatable bonds is 5. The minimum Gasteiger partial charge on any atom is -0.326 e. The lowest BCUT2D eigenvalue weighted by atomic mass is 9.99. The monoisotopic (exact) mass is 454 g/mol.